The summed E-state index contributed by atoms with van der Waals surface area (Å²) in [5.74, 6) is 1.02. The highest BCUT2D eigenvalue weighted by molar-refractivity contribution is 5.92. The van der Waals surface area contributed by atoms with Gasteiger partial charge in [-0.3, -0.25) is 0 Å². The summed E-state index contributed by atoms with van der Waals surface area (Å²) in [6.07, 6.45) is 4.05. The van der Waals surface area contributed by atoms with Crippen LogP contribution in [0.5, 0.6) is 5.75 Å². The first kappa shape index (κ1) is 17.1. The molecule has 2 N–H and O–H groups in total. The molecular weight excluding hydrogens is 316 g/mol. The van der Waals surface area contributed by atoms with E-state index in [-0.39, 0.29) is 17.8 Å². The van der Waals surface area contributed by atoms with Crippen LogP contribution in [0.4, 0.5) is 16.3 Å². The quantitative estimate of drug-likeness (QED) is 0.892. The zero-order valence-corrected chi connectivity index (χ0v) is 14.6. The molecule has 0 spiro atoms. The van der Waals surface area contributed by atoms with Gasteiger partial charge in [-0.2, -0.15) is 0 Å². The summed E-state index contributed by atoms with van der Waals surface area (Å²) in [6, 6.07) is 10.3. The molecule has 1 aromatic carbocycles. The Kier molecular flexibility index (Phi) is 5.07. The molecule has 25 heavy (non-hydrogen) atoms. The van der Waals surface area contributed by atoms with Crippen molar-refractivity contribution < 1.29 is 9.90 Å². The Hall–Kier alpha value is -2.76. The van der Waals surface area contributed by atoms with E-state index in [4.69, 9.17) is 0 Å². The van der Waals surface area contributed by atoms with Gasteiger partial charge in [0.25, 0.3) is 0 Å². The monoisotopic (exact) mass is 340 g/mol. The minimum absolute atomic E-state index is 0.168. The van der Waals surface area contributed by atoms with Crippen molar-refractivity contribution in [3.63, 3.8) is 0 Å². The number of benzene rings is 1. The molecule has 1 aliphatic rings. The highest BCUT2D eigenvalue weighted by Crippen LogP contribution is 2.28. The standard InChI is InChI=1S/C19H24N4O2/c1-14(15-7-5-8-16(24)13-15)22(2)19(25)21-17-9-6-10-20-18(17)23-11-3-4-12-23/h5-10,13-14,24H,3-4,11-12H2,1-2H3,(H,21,25). The first-order chi connectivity index (χ1) is 12.1. The second-order valence-corrected chi connectivity index (χ2v) is 6.38. The number of carbonyl (C=O) groups excluding carboxylic acids is 1. The molecule has 3 rings (SSSR count). The molecule has 1 unspecified atom stereocenters. The summed E-state index contributed by atoms with van der Waals surface area (Å²) >= 11 is 0. The third-order valence-electron chi connectivity index (χ3n) is 4.69. The number of rotatable bonds is 4. The minimum atomic E-state index is -0.204. The maximum absolute atomic E-state index is 12.7. The zero-order chi connectivity index (χ0) is 17.8. The number of phenols is 1. The van der Waals surface area contributed by atoms with Gasteiger partial charge in [0, 0.05) is 26.3 Å². The van der Waals surface area contributed by atoms with Crippen molar-refractivity contribution >= 4 is 17.5 Å². The van der Waals surface area contributed by atoms with Gasteiger partial charge >= 0.3 is 6.03 Å². The van der Waals surface area contributed by atoms with Crippen molar-refractivity contribution in [2.75, 3.05) is 30.4 Å². The van der Waals surface area contributed by atoms with Gasteiger partial charge in [0.2, 0.25) is 0 Å². The lowest BCUT2D eigenvalue weighted by molar-refractivity contribution is 0.208. The molecule has 0 aliphatic carbocycles. The number of hydrogen-bond donors (Lipinski definition) is 2. The number of hydrogen-bond acceptors (Lipinski definition) is 4. The lowest BCUT2D eigenvalue weighted by atomic mass is 10.1. The van der Waals surface area contributed by atoms with E-state index in [1.54, 1.807) is 36.3 Å². The summed E-state index contributed by atoms with van der Waals surface area (Å²) < 4.78 is 0. The number of amides is 2. The van der Waals surface area contributed by atoms with Crippen LogP contribution in [0.25, 0.3) is 0 Å². The first-order valence-electron chi connectivity index (χ1n) is 8.59. The molecule has 1 saturated heterocycles. The van der Waals surface area contributed by atoms with E-state index >= 15 is 0 Å². The van der Waals surface area contributed by atoms with Crippen LogP contribution in [-0.2, 0) is 0 Å². The van der Waals surface area contributed by atoms with Crippen molar-refractivity contribution in [2.45, 2.75) is 25.8 Å². The van der Waals surface area contributed by atoms with Crippen molar-refractivity contribution in [3.05, 3.63) is 48.2 Å². The number of anilines is 2. The summed E-state index contributed by atoms with van der Waals surface area (Å²) in [5.41, 5.74) is 1.60. The van der Waals surface area contributed by atoms with Crippen LogP contribution in [0.2, 0.25) is 0 Å². The second kappa shape index (κ2) is 7.42. The van der Waals surface area contributed by atoms with Crippen LogP contribution in [0.15, 0.2) is 42.6 Å². The first-order valence-corrected chi connectivity index (χ1v) is 8.59. The summed E-state index contributed by atoms with van der Waals surface area (Å²) in [6.45, 7) is 3.86. The van der Waals surface area contributed by atoms with E-state index in [0.717, 1.165) is 43.0 Å². The molecule has 2 aromatic rings. The normalized spacial score (nSPS) is 15.0. The molecule has 6 nitrogen and oxygen atoms in total. The Morgan fingerprint density at radius 1 is 1.28 bits per heavy atom. The van der Waals surface area contributed by atoms with E-state index in [9.17, 15) is 9.90 Å². The van der Waals surface area contributed by atoms with Crippen LogP contribution < -0.4 is 10.2 Å². The van der Waals surface area contributed by atoms with Gasteiger partial charge in [-0.15, -0.1) is 0 Å². The van der Waals surface area contributed by atoms with Crippen molar-refractivity contribution in [2.24, 2.45) is 0 Å². The predicted molar refractivity (Wildman–Crippen MR) is 99.0 cm³/mol. The molecular formula is C19H24N4O2. The third kappa shape index (κ3) is 3.84. The lowest BCUT2D eigenvalue weighted by Gasteiger charge is -2.27. The van der Waals surface area contributed by atoms with Crippen molar-refractivity contribution in [1.82, 2.24) is 9.88 Å². The van der Waals surface area contributed by atoms with Crippen LogP contribution in [0.1, 0.15) is 31.4 Å². The number of nitrogens with one attached hydrogen (secondary N) is 1. The Morgan fingerprint density at radius 2 is 2.04 bits per heavy atom. The topological polar surface area (TPSA) is 68.7 Å². The van der Waals surface area contributed by atoms with Gasteiger partial charge in [-0.1, -0.05) is 12.1 Å². The Bertz CT molecular complexity index is 744. The molecule has 2 heterocycles. The number of carbonyl (C=O) groups is 1. The van der Waals surface area contributed by atoms with E-state index in [0.29, 0.717) is 0 Å². The average molecular weight is 340 g/mol. The molecule has 6 heteroatoms. The molecule has 132 valence electrons. The maximum Gasteiger partial charge on any atom is 0.322 e. The van der Waals surface area contributed by atoms with E-state index in [2.05, 4.69) is 15.2 Å². The smallest absolute Gasteiger partial charge is 0.322 e. The fraction of sp³-hybridized carbons (Fsp3) is 0.368. The fourth-order valence-corrected chi connectivity index (χ4v) is 3.06. The van der Waals surface area contributed by atoms with Gasteiger partial charge in [0.05, 0.1) is 11.7 Å². The fourth-order valence-electron chi connectivity index (χ4n) is 3.06. The number of urea groups is 1. The molecule has 1 fully saturated rings. The predicted octanol–water partition coefficient (Wildman–Crippen LogP) is 3.61. The van der Waals surface area contributed by atoms with Gasteiger partial charge in [0.1, 0.15) is 5.75 Å². The van der Waals surface area contributed by atoms with Crippen LogP contribution in [0, 0.1) is 0 Å². The molecule has 2 amide bonds. The number of aromatic nitrogens is 1. The van der Waals surface area contributed by atoms with Crippen LogP contribution >= 0.6 is 0 Å². The Balaban J connectivity index is 1.73. The summed E-state index contributed by atoms with van der Waals surface area (Å²) in [4.78, 5) is 21.0. The van der Waals surface area contributed by atoms with Gasteiger partial charge in [-0.05, 0) is 49.6 Å². The largest absolute Gasteiger partial charge is 0.508 e. The van der Waals surface area contributed by atoms with Crippen LogP contribution in [0.3, 0.4) is 0 Å². The van der Waals surface area contributed by atoms with Crippen molar-refractivity contribution in [1.29, 1.82) is 0 Å². The molecule has 0 bridgehead atoms. The van der Waals surface area contributed by atoms with Gasteiger partial charge in [-0.25, -0.2) is 9.78 Å². The third-order valence-corrected chi connectivity index (χ3v) is 4.69. The van der Waals surface area contributed by atoms with E-state index in [1.165, 1.54) is 0 Å². The summed E-state index contributed by atoms with van der Waals surface area (Å²) in [5, 5.41) is 12.6. The SMILES string of the molecule is CC(c1cccc(O)c1)N(C)C(=O)Nc1cccnc1N1CCCC1. The van der Waals surface area contributed by atoms with Gasteiger partial charge in [0.15, 0.2) is 5.82 Å². The Labute approximate surface area is 148 Å². The highest BCUT2D eigenvalue weighted by atomic mass is 16.3. The second-order valence-electron chi connectivity index (χ2n) is 6.38. The Morgan fingerprint density at radius 3 is 2.76 bits per heavy atom. The lowest BCUT2D eigenvalue weighted by Crippen LogP contribution is -2.34. The maximum atomic E-state index is 12.7. The summed E-state index contributed by atoms with van der Waals surface area (Å²) in [7, 11) is 1.75. The number of aromatic hydroxyl groups is 1. The van der Waals surface area contributed by atoms with E-state index < -0.39 is 0 Å². The van der Waals surface area contributed by atoms with E-state index in [1.807, 2.05) is 25.1 Å². The minimum Gasteiger partial charge on any atom is -0.508 e. The van der Waals surface area contributed by atoms with Gasteiger partial charge < -0.3 is 20.2 Å². The molecule has 0 radical (unpaired) electrons. The number of phenolic OH excluding ortho intramolecular Hbond substituents is 1. The molecule has 0 saturated carbocycles. The molecule has 1 aromatic heterocycles. The van der Waals surface area contributed by atoms with Crippen LogP contribution in [-0.4, -0.2) is 41.2 Å². The zero-order valence-electron chi connectivity index (χ0n) is 14.6. The molecule has 1 aliphatic heterocycles. The number of pyridine rings is 1. The molecule has 1 atom stereocenters. The highest BCUT2D eigenvalue weighted by Gasteiger charge is 2.21. The number of nitrogens with zero attached hydrogens (tertiary/aromatic N) is 3. The average Bonchev–Trinajstić information content (AvgIpc) is 3.15. The van der Waals surface area contributed by atoms with Crippen molar-refractivity contribution in [3.8, 4) is 5.75 Å².